The minimum atomic E-state index is -1.49. The van der Waals surface area contributed by atoms with Gasteiger partial charge in [0, 0.05) is 5.57 Å². The predicted molar refractivity (Wildman–Crippen MR) is 105 cm³/mol. The lowest BCUT2D eigenvalue weighted by Crippen LogP contribution is -2.33. The lowest BCUT2D eigenvalue weighted by Gasteiger charge is -2.24. The molecular formula is C14H34O4Si4. The van der Waals surface area contributed by atoms with E-state index in [1.807, 2.05) is 0 Å². The zero-order chi connectivity index (χ0) is 17.2. The van der Waals surface area contributed by atoms with Gasteiger partial charge in [0.1, 0.15) is 19.5 Å². The second-order valence-corrected chi connectivity index (χ2v) is 20.1. The summed E-state index contributed by atoms with van der Waals surface area (Å²) in [6, 6.07) is 3.54. The highest BCUT2D eigenvalue weighted by Crippen LogP contribution is 2.15. The van der Waals surface area contributed by atoms with Crippen LogP contribution in [0.25, 0.3) is 0 Å². The topological polar surface area (TPSA) is 44.8 Å². The third-order valence-electron chi connectivity index (χ3n) is 3.07. The summed E-state index contributed by atoms with van der Waals surface area (Å²) in [5.41, 5.74) is 0.465. The van der Waals surface area contributed by atoms with Crippen LogP contribution in [-0.2, 0) is 17.8 Å². The van der Waals surface area contributed by atoms with Gasteiger partial charge in [-0.05, 0) is 64.2 Å². The maximum Gasteiger partial charge on any atom is 0.333 e. The average Bonchev–Trinajstić information content (AvgIpc) is 2.37. The zero-order valence-corrected chi connectivity index (χ0v) is 20.1. The Morgan fingerprint density at radius 2 is 1.64 bits per heavy atom. The van der Waals surface area contributed by atoms with Crippen LogP contribution in [0.4, 0.5) is 0 Å². The van der Waals surface area contributed by atoms with Gasteiger partial charge < -0.3 is 13.0 Å². The molecule has 0 radical (unpaired) electrons. The van der Waals surface area contributed by atoms with Crippen molar-refractivity contribution in [1.82, 2.24) is 0 Å². The minimum absolute atomic E-state index is 0.287. The van der Waals surface area contributed by atoms with E-state index in [9.17, 15) is 4.79 Å². The smallest absolute Gasteiger partial charge is 0.333 e. The number of carbonyl (C=O) groups is 1. The highest BCUT2D eigenvalue weighted by atomic mass is 28.4. The molecule has 22 heavy (non-hydrogen) atoms. The Labute approximate surface area is 143 Å². The van der Waals surface area contributed by atoms with Crippen LogP contribution >= 0.6 is 0 Å². The van der Waals surface area contributed by atoms with Gasteiger partial charge in [0.25, 0.3) is 0 Å². The molecule has 0 aliphatic carbocycles. The van der Waals surface area contributed by atoms with E-state index in [1.165, 1.54) is 12.1 Å². The second-order valence-electron chi connectivity index (χ2n) is 7.30. The number of hydrogen-bond acceptors (Lipinski definition) is 4. The Kier molecular flexibility index (Phi) is 10.7. The van der Waals surface area contributed by atoms with Crippen molar-refractivity contribution < 1.29 is 17.8 Å². The van der Waals surface area contributed by atoms with Gasteiger partial charge in [0.05, 0.1) is 6.61 Å². The summed E-state index contributed by atoms with van der Waals surface area (Å²) < 4.78 is 17.3. The standard InChI is InChI=1S/C14H34O4Si4/c1-13(2)14(15)16-9-8-10-19-18-22(6,7)12-11-20-17-21(3,4)5/h1,8-12,19-20H2,2-7H3. The van der Waals surface area contributed by atoms with E-state index in [1.54, 1.807) is 6.92 Å². The number of esters is 1. The molecule has 130 valence electrons. The monoisotopic (exact) mass is 378 g/mol. The van der Waals surface area contributed by atoms with E-state index < -0.39 is 26.4 Å². The van der Waals surface area contributed by atoms with Gasteiger partial charge in [-0.2, -0.15) is 0 Å². The Balaban J connectivity index is 3.63. The zero-order valence-electron chi connectivity index (χ0n) is 15.3. The van der Waals surface area contributed by atoms with Gasteiger partial charge in [0.2, 0.25) is 0 Å². The van der Waals surface area contributed by atoms with Gasteiger partial charge in [-0.25, -0.2) is 4.79 Å². The van der Waals surface area contributed by atoms with Crippen molar-refractivity contribution in [2.75, 3.05) is 6.61 Å². The van der Waals surface area contributed by atoms with Crippen molar-refractivity contribution in [3.8, 4) is 0 Å². The number of carbonyl (C=O) groups excluding carboxylic acids is 1. The molecule has 0 heterocycles. The first-order chi connectivity index (χ1) is 10.0. The molecule has 0 aromatic heterocycles. The summed E-state index contributed by atoms with van der Waals surface area (Å²) in [5.74, 6) is -0.287. The molecule has 0 spiro atoms. The molecule has 4 nitrogen and oxygen atoms in total. The maximum atomic E-state index is 11.2. The van der Waals surface area contributed by atoms with Crippen LogP contribution in [0.3, 0.4) is 0 Å². The Bertz CT molecular complexity index is 353. The molecule has 0 rings (SSSR count). The molecule has 0 aromatic carbocycles. The summed E-state index contributed by atoms with van der Waals surface area (Å²) in [7, 11) is -3.65. The van der Waals surface area contributed by atoms with Crippen molar-refractivity contribution >= 4 is 42.1 Å². The largest absolute Gasteiger partial charge is 0.462 e. The van der Waals surface area contributed by atoms with E-state index in [0.29, 0.717) is 12.2 Å². The minimum Gasteiger partial charge on any atom is -0.462 e. The van der Waals surface area contributed by atoms with Gasteiger partial charge >= 0.3 is 5.97 Å². The number of ether oxygens (including phenoxy) is 1. The van der Waals surface area contributed by atoms with Crippen molar-refractivity contribution in [2.45, 2.75) is 64.2 Å². The van der Waals surface area contributed by atoms with Crippen LogP contribution < -0.4 is 0 Å². The average molecular weight is 379 g/mol. The number of hydrogen-bond donors (Lipinski definition) is 0. The van der Waals surface area contributed by atoms with Gasteiger partial charge in [-0.3, -0.25) is 0 Å². The number of rotatable bonds is 12. The van der Waals surface area contributed by atoms with Gasteiger partial charge in [0.15, 0.2) is 16.6 Å². The predicted octanol–water partition coefficient (Wildman–Crippen LogP) is 2.57. The molecule has 0 unspecified atom stereocenters. The van der Waals surface area contributed by atoms with Crippen LogP contribution in [0, 0.1) is 0 Å². The van der Waals surface area contributed by atoms with E-state index >= 15 is 0 Å². The van der Waals surface area contributed by atoms with Crippen molar-refractivity contribution in [3.05, 3.63) is 12.2 Å². The van der Waals surface area contributed by atoms with Crippen LogP contribution in [0.2, 0.25) is 50.9 Å². The summed E-state index contributed by atoms with van der Waals surface area (Å²) in [4.78, 5) is 11.2. The first-order valence-corrected chi connectivity index (χ1v) is 17.8. The molecule has 0 saturated carbocycles. The Morgan fingerprint density at radius 3 is 2.18 bits per heavy atom. The highest BCUT2D eigenvalue weighted by molar-refractivity contribution is 6.76. The van der Waals surface area contributed by atoms with Crippen LogP contribution in [0.1, 0.15) is 13.3 Å². The van der Waals surface area contributed by atoms with Gasteiger partial charge in [-0.1, -0.05) is 6.58 Å². The molecule has 8 heteroatoms. The Hall–Kier alpha value is -0.00247. The van der Waals surface area contributed by atoms with Crippen molar-refractivity contribution in [1.29, 1.82) is 0 Å². The third-order valence-corrected chi connectivity index (χ3v) is 15.0. The second kappa shape index (κ2) is 10.7. The molecular weight excluding hydrogens is 344 g/mol. The first kappa shape index (κ1) is 22.0. The molecule has 0 amide bonds. The van der Waals surface area contributed by atoms with E-state index in [0.717, 1.165) is 12.5 Å². The van der Waals surface area contributed by atoms with Crippen LogP contribution in [0.15, 0.2) is 12.2 Å². The SMILES string of the molecule is C=C(C)C(=O)OCCC[SiH2]O[Si](C)(C)CC[SiH2]O[Si](C)(C)C. The first-order valence-electron chi connectivity index (χ1n) is 8.14. The molecule has 0 atom stereocenters. The molecule has 0 fully saturated rings. The molecule has 0 aliphatic rings. The fraction of sp³-hybridized carbons (Fsp3) is 0.786. The van der Waals surface area contributed by atoms with Gasteiger partial charge in [-0.15, -0.1) is 0 Å². The molecule has 0 aliphatic heterocycles. The Morgan fingerprint density at radius 1 is 1.05 bits per heavy atom. The summed E-state index contributed by atoms with van der Waals surface area (Å²) in [5, 5.41) is 0. The molecule has 0 aromatic rings. The molecule has 0 N–H and O–H groups in total. The quantitative estimate of drug-likeness (QED) is 0.227. The fourth-order valence-corrected chi connectivity index (χ4v) is 12.6. The normalized spacial score (nSPS) is 13.4. The van der Waals surface area contributed by atoms with E-state index in [4.69, 9.17) is 13.0 Å². The van der Waals surface area contributed by atoms with Crippen molar-refractivity contribution in [3.63, 3.8) is 0 Å². The molecule has 0 saturated heterocycles. The van der Waals surface area contributed by atoms with Crippen LogP contribution in [0.5, 0.6) is 0 Å². The summed E-state index contributed by atoms with van der Waals surface area (Å²) >= 11 is 0. The fourth-order valence-electron chi connectivity index (χ4n) is 1.79. The third kappa shape index (κ3) is 13.6. The highest BCUT2D eigenvalue weighted by Gasteiger charge is 2.22. The lowest BCUT2D eigenvalue weighted by atomic mass is 10.4. The molecule has 0 bridgehead atoms. The van der Waals surface area contributed by atoms with Crippen LogP contribution in [-0.4, -0.2) is 48.7 Å². The van der Waals surface area contributed by atoms with E-state index in [2.05, 4.69) is 39.3 Å². The van der Waals surface area contributed by atoms with E-state index in [-0.39, 0.29) is 15.7 Å². The summed E-state index contributed by atoms with van der Waals surface area (Å²) in [6.45, 7) is 17.1. The lowest BCUT2D eigenvalue weighted by molar-refractivity contribution is -0.138. The van der Waals surface area contributed by atoms with Crippen molar-refractivity contribution in [2.24, 2.45) is 0 Å². The maximum absolute atomic E-state index is 11.2. The summed E-state index contributed by atoms with van der Waals surface area (Å²) in [6.07, 6.45) is 0.906.